The van der Waals surface area contributed by atoms with Gasteiger partial charge in [-0.15, -0.1) is 10.2 Å². The molecule has 3 rings (SSSR count). The quantitative estimate of drug-likeness (QED) is 0.430. The van der Waals surface area contributed by atoms with Gasteiger partial charge in [0.15, 0.2) is 5.82 Å². The number of rotatable bonds is 8. The second kappa shape index (κ2) is 9.37. The smallest absolute Gasteiger partial charge is 0.387 e. The molecular formula is C19H19F2N5O2S. The van der Waals surface area contributed by atoms with E-state index in [2.05, 4.69) is 20.3 Å². The minimum absolute atomic E-state index is 0.0330. The first-order valence-electron chi connectivity index (χ1n) is 8.67. The van der Waals surface area contributed by atoms with Crippen molar-refractivity contribution in [3.63, 3.8) is 0 Å². The van der Waals surface area contributed by atoms with Crippen molar-refractivity contribution >= 4 is 17.7 Å². The molecule has 0 radical (unpaired) electrons. The number of nitrogen functional groups attached to an aromatic ring is 1. The van der Waals surface area contributed by atoms with Crippen LogP contribution in [0, 0.1) is 0 Å². The van der Waals surface area contributed by atoms with Gasteiger partial charge in [0, 0.05) is 5.56 Å². The Morgan fingerprint density at radius 2 is 1.86 bits per heavy atom. The third kappa shape index (κ3) is 5.44. The summed E-state index contributed by atoms with van der Waals surface area (Å²) in [5.74, 6) is 6.35. The summed E-state index contributed by atoms with van der Waals surface area (Å²) in [5, 5.41) is 11.3. The molecule has 152 valence electrons. The number of benzene rings is 2. The highest BCUT2D eigenvalue weighted by molar-refractivity contribution is 7.99. The number of carbonyl (C=O) groups is 1. The molecule has 1 aromatic heterocycles. The fourth-order valence-electron chi connectivity index (χ4n) is 2.60. The number of carbonyl (C=O) groups excluding carboxylic acids is 1. The SMILES string of the molecule is C[C@@H](NC(=O)CSc1nnc(-c2ccc(OC(F)F)cc2)n1N)c1ccccc1. The van der Waals surface area contributed by atoms with E-state index >= 15 is 0 Å². The molecule has 10 heteroatoms. The highest BCUT2D eigenvalue weighted by atomic mass is 32.2. The Kier molecular flexibility index (Phi) is 6.65. The van der Waals surface area contributed by atoms with Crippen LogP contribution >= 0.6 is 11.8 Å². The summed E-state index contributed by atoms with van der Waals surface area (Å²) in [5.41, 5.74) is 1.59. The van der Waals surface area contributed by atoms with Gasteiger partial charge in [0.05, 0.1) is 11.8 Å². The Morgan fingerprint density at radius 1 is 1.17 bits per heavy atom. The van der Waals surface area contributed by atoms with Gasteiger partial charge >= 0.3 is 6.61 Å². The van der Waals surface area contributed by atoms with E-state index in [4.69, 9.17) is 5.84 Å². The van der Waals surface area contributed by atoms with Crippen LogP contribution in [0.5, 0.6) is 5.75 Å². The van der Waals surface area contributed by atoms with Crippen molar-refractivity contribution in [3.8, 4) is 17.1 Å². The molecule has 0 unspecified atom stereocenters. The normalized spacial score (nSPS) is 12.0. The van der Waals surface area contributed by atoms with Crippen LogP contribution in [0.2, 0.25) is 0 Å². The minimum Gasteiger partial charge on any atom is -0.435 e. The number of hydrogen-bond acceptors (Lipinski definition) is 6. The van der Waals surface area contributed by atoms with E-state index in [1.54, 1.807) is 12.1 Å². The van der Waals surface area contributed by atoms with Gasteiger partial charge in [-0.1, -0.05) is 42.1 Å². The predicted molar refractivity (Wildman–Crippen MR) is 106 cm³/mol. The van der Waals surface area contributed by atoms with Crippen molar-refractivity contribution in [2.24, 2.45) is 0 Å². The molecule has 1 heterocycles. The van der Waals surface area contributed by atoms with Crippen LogP contribution in [-0.2, 0) is 4.79 Å². The zero-order valence-corrected chi connectivity index (χ0v) is 16.3. The van der Waals surface area contributed by atoms with E-state index in [9.17, 15) is 13.6 Å². The largest absolute Gasteiger partial charge is 0.435 e. The van der Waals surface area contributed by atoms with Crippen molar-refractivity contribution in [1.29, 1.82) is 0 Å². The number of alkyl halides is 2. The standard InChI is InChI=1S/C19H19F2N5O2S/c1-12(13-5-3-2-4-6-13)23-16(27)11-29-19-25-24-17(26(19)22)14-7-9-15(10-8-14)28-18(20)21/h2-10,12,18H,11,22H2,1H3,(H,23,27)/t12-/m1/s1. The highest BCUT2D eigenvalue weighted by Crippen LogP contribution is 2.24. The van der Waals surface area contributed by atoms with Gasteiger partial charge in [0.2, 0.25) is 11.1 Å². The van der Waals surface area contributed by atoms with Gasteiger partial charge in [-0.25, -0.2) is 4.68 Å². The Morgan fingerprint density at radius 3 is 2.52 bits per heavy atom. The van der Waals surface area contributed by atoms with Gasteiger partial charge < -0.3 is 15.9 Å². The zero-order chi connectivity index (χ0) is 20.8. The van der Waals surface area contributed by atoms with Crippen molar-refractivity contribution in [2.75, 3.05) is 11.6 Å². The van der Waals surface area contributed by atoms with Crippen LogP contribution in [0.3, 0.4) is 0 Å². The van der Waals surface area contributed by atoms with Crippen LogP contribution in [0.25, 0.3) is 11.4 Å². The maximum Gasteiger partial charge on any atom is 0.387 e. The number of thioether (sulfide) groups is 1. The van der Waals surface area contributed by atoms with Gasteiger partial charge in [0.1, 0.15) is 5.75 Å². The number of hydrogen-bond donors (Lipinski definition) is 2. The topological polar surface area (TPSA) is 95.1 Å². The van der Waals surface area contributed by atoms with Crippen LogP contribution in [0.4, 0.5) is 8.78 Å². The Labute approximate surface area is 170 Å². The van der Waals surface area contributed by atoms with Gasteiger partial charge in [-0.2, -0.15) is 8.78 Å². The molecule has 0 aliphatic heterocycles. The van der Waals surface area contributed by atoms with Crippen molar-refractivity contribution in [2.45, 2.75) is 24.7 Å². The van der Waals surface area contributed by atoms with Gasteiger partial charge in [-0.05, 0) is 36.8 Å². The van der Waals surface area contributed by atoms with Crippen LogP contribution < -0.4 is 15.9 Å². The van der Waals surface area contributed by atoms with Crippen molar-refractivity contribution in [1.82, 2.24) is 20.2 Å². The predicted octanol–water partition coefficient (Wildman–Crippen LogP) is 3.23. The highest BCUT2D eigenvalue weighted by Gasteiger charge is 2.15. The average molecular weight is 419 g/mol. The molecule has 1 atom stereocenters. The van der Waals surface area contributed by atoms with Gasteiger partial charge in [-0.3, -0.25) is 4.79 Å². The third-order valence-electron chi connectivity index (χ3n) is 4.01. The second-order valence-corrected chi connectivity index (χ2v) is 7.01. The summed E-state index contributed by atoms with van der Waals surface area (Å²) in [7, 11) is 0. The lowest BCUT2D eigenvalue weighted by Gasteiger charge is -2.13. The molecular weight excluding hydrogens is 400 g/mol. The minimum atomic E-state index is -2.89. The number of aromatic nitrogens is 3. The average Bonchev–Trinajstić information content (AvgIpc) is 3.07. The third-order valence-corrected chi connectivity index (χ3v) is 4.95. The van der Waals surface area contributed by atoms with E-state index < -0.39 is 6.61 Å². The Hall–Kier alpha value is -3.14. The zero-order valence-electron chi connectivity index (χ0n) is 15.5. The Bertz CT molecular complexity index is 951. The van der Waals surface area contributed by atoms with Crippen molar-refractivity contribution < 1.29 is 18.3 Å². The molecule has 0 saturated carbocycles. The fourth-order valence-corrected chi connectivity index (χ4v) is 3.26. The molecule has 3 aromatic rings. The first-order chi connectivity index (χ1) is 13.9. The van der Waals surface area contributed by atoms with E-state index in [0.717, 1.165) is 17.3 Å². The van der Waals surface area contributed by atoms with Crippen LogP contribution in [-0.4, -0.2) is 33.1 Å². The molecule has 0 aliphatic rings. The number of nitrogens with zero attached hydrogens (tertiary/aromatic N) is 3. The van der Waals surface area contributed by atoms with Crippen LogP contribution in [0.15, 0.2) is 59.8 Å². The van der Waals surface area contributed by atoms with E-state index in [-0.39, 0.29) is 23.5 Å². The van der Waals surface area contributed by atoms with Crippen molar-refractivity contribution in [3.05, 3.63) is 60.2 Å². The number of nitrogens with two attached hydrogens (primary N) is 1. The maximum absolute atomic E-state index is 12.2. The number of nitrogens with one attached hydrogen (secondary N) is 1. The molecule has 29 heavy (non-hydrogen) atoms. The molecule has 0 spiro atoms. The Balaban J connectivity index is 1.59. The summed E-state index contributed by atoms with van der Waals surface area (Å²) >= 11 is 1.15. The molecule has 0 bridgehead atoms. The first kappa shape index (κ1) is 20.6. The van der Waals surface area contributed by atoms with E-state index in [1.165, 1.54) is 16.8 Å². The number of ether oxygens (including phenoxy) is 1. The molecule has 2 aromatic carbocycles. The second-order valence-electron chi connectivity index (χ2n) is 6.07. The molecule has 3 N–H and O–H groups in total. The first-order valence-corrected chi connectivity index (χ1v) is 9.65. The lowest BCUT2D eigenvalue weighted by atomic mass is 10.1. The van der Waals surface area contributed by atoms with Gasteiger partial charge in [0.25, 0.3) is 0 Å². The lowest BCUT2D eigenvalue weighted by molar-refractivity contribution is -0.119. The number of amides is 1. The molecule has 7 nitrogen and oxygen atoms in total. The molecule has 0 saturated heterocycles. The summed E-state index contributed by atoms with van der Waals surface area (Å²) in [4.78, 5) is 12.2. The lowest BCUT2D eigenvalue weighted by Crippen LogP contribution is -2.28. The van der Waals surface area contributed by atoms with E-state index in [1.807, 2.05) is 37.3 Å². The summed E-state index contributed by atoms with van der Waals surface area (Å²) in [6.45, 7) is -0.985. The monoisotopic (exact) mass is 419 g/mol. The maximum atomic E-state index is 12.2. The van der Waals surface area contributed by atoms with E-state index in [0.29, 0.717) is 16.5 Å². The molecule has 0 fully saturated rings. The molecule has 1 amide bonds. The summed E-state index contributed by atoms with van der Waals surface area (Å²) < 4.78 is 30.0. The molecule has 0 aliphatic carbocycles. The summed E-state index contributed by atoms with van der Waals surface area (Å²) in [6.07, 6.45) is 0. The van der Waals surface area contributed by atoms with Crippen LogP contribution in [0.1, 0.15) is 18.5 Å². The number of halogens is 2. The fraction of sp³-hybridized carbons (Fsp3) is 0.211. The summed E-state index contributed by atoms with van der Waals surface area (Å²) in [6, 6.07) is 15.4.